The Morgan fingerprint density at radius 2 is 1.88 bits per heavy atom. The van der Waals surface area contributed by atoms with Crippen LogP contribution in [0.4, 0.5) is 0 Å². The van der Waals surface area contributed by atoms with Crippen molar-refractivity contribution in [2.24, 2.45) is 0 Å². The maximum Gasteiger partial charge on any atom is 0.271 e. The summed E-state index contributed by atoms with van der Waals surface area (Å²) in [7, 11) is 0. The van der Waals surface area contributed by atoms with Crippen molar-refractivity contribution in [3.63, 3.8) is 0 Å². The lowest BCUT2D eigenvalue weighted by molar-refractivity contribution is -0.141. The first-order valence-electron chi connectivity index (χ1n) is 10.4. The number of halogens is 1. The molecule has 3 aromatic rings. The molecule has 8 heteroatoms. The summed E-state index contributed by atoms with van der Waals surface area (Å²) in [6.07, 6.45) is 1.54. The molecule has 2 aliphatic heterocycles. The van der Waals surface area contributed by atoms with E-state index in [1.165, 1.54) is 0 Å². The third-order valence-corrected chi connectivity index (χ3v) is 5.86. The van der Waals surface area contributed by atoms with Crippen LogP contribution in [-0.4, -0.2) is 23.5 Å². The monoisotopic (exact) mass is 472 g/mol. The number of hydrogen-bond acceptors (Lipinski definition) is 6. The first-order chi connectivity index (χ1) is 16.4. The second-order valence-electron chi connectivity index (χ2n) is 7.77. The number of ether oxygens (including phenoxy) is 2. The second kappa shape index (κ2) is 8.58. The van der Waals surface area contributed by atoms with E-state index in [0.717, 1.165) is 10.5 Å². The minimum atomic E-state index is -0.640. The molecule has 2 aromatic carbocycles. The lowest BCUT2D eigenvalue weighted by Gasteiger charge is -2.27. The topological polar surface area (TPSA) is 92.8 Å². The fourth-order valence-electron chi connectivity index (χ4n) is 3.86. The molecule has 0 fully saturated rings. The molecule has 0 saturated carbocycles. The number of benzene rings is 2. The van der Waals surface area contributed by atoms with Gasteiger partial charge in [0.05, 0.1) is 6.54 Å². The van der Waals surface area contributed by atoms with Gasteiger partial charge in [0.25, 0.3) is 11.8 Å². The molecule has 0 spiro atoms. The lowest BCUT2D eigenvalue weighted by Crippen LogP contribution is -2.42. The summed E-state index contributed by atoms with van der Waals surface area (Å²) in [5.74, 6) is 0.975. The number of carbonyl (C=O) groups excluding carboxylic acids is 2. The van der Waals surface area contributed by atoms with E-state index in [0.29, 0.717) is 39.2 Å². The van der Waals surface area contributed by atoms with Crippen molar-refractivity contribution in [1.29, 1.82) is 5.26 Å². The summed E-state index contributed by atoms with van der Waals surface area (Å²) < 4.78 is 16.6. The Labute approximate surface area is 200 Å². The quantitative estimate of drug-likeness (QED) is 0.386. The van der Waals surface area contributed by atoms with Crippen LogP contribution < -0.4 is 9.47 Å². The van der Waals surface area contributed by atoms with Crippen LogP contribution in [-0.2, 0) is 16.1 Å². The van der Waals surface area contributed by atoms with Gasteiger partial charge in [0.1, 0.15) is 23.2 Å². The van der Waals surface area contributed by atoms with Crippen molar-refractivity contribution in [1.82, 2.24) is 4.90 Å². The van der Waals surface area contributed by atoms with E-state index >= 15 is 0 Å². The summed E-state index contributed by atoms with van der Waals surface area (Å²) >= 11 is 6.07. The Morgan fingerprint density at radius 1 is 1.06 bits per heavy atom. The normalized spacial score (nSPS) is 16.4. The largest absolute Gasteiger partial charge is 0.457 e. The lowest BCUT2D eigenvalue weighted by atomic mass is 9.94. The summed E-state index contributed by atoms with van der Waals surface area (Å²) in [5, 5.41) is 10.2. The Kier molecular flexibility index (Phi) is 5.44. The highest BCUT2D eigenvalue weighted by molar-refractivity contribution is 6.30. The van der Waals surface area contributed by atoms with Crippen molar-refractivity contribution in [2.75, 3.05) is 6.79 Å². The van der Waals surface area contributed by atoms with Gasteiger partial charge >= 0.3 is 0 Å². The molecule has 168 valence electrons. The number of hydrogen-bond donors (Lipinski definition) is 0. The summed E-state index contributed by atoms with van der Waals surface area (Å²) in [5.41, 5.74) is 1.89. The Morgan fingerprint density at radius 3 is 2.68 bits per heavy atom. The number of amides is 2. The van der Waals surface area contributed by atoms with E-state index in [2.05, 4.69) is 0 Å². The predicted octanol–water partition coefficient (Wildman–Crippen LogP) is 5.12. The van der Waals surface area contributed by atoms with E-state index < -0.39 is 11.8 Å². The van der Waals surface area contributed by atoms with Crippen molar-refractivity contribution in [3.8, 4) is 28.9 Å². The highest BCUT2D eigenvalue weighted by Crippen LogP contribution is 2.34. The van der Waals surface area contributed by atoms with Gasteiger partial charge in [-0.15, -0.1) is 0 Å². The minimum absolute atomic E-state index is 0.0178. The van der Waals surface area contributed by atoms with Crippen LogP contribution in [0.3, 0.4) is 0 Å². The summed E-state index contributed by atoms with van der Waals surface area (Å²) in [4.78, 5) is 27.3. The number of rotatable bonds is 4. The fourth-order valence-corrected chi connectivity index (χ4v) is 4.06. The van der Waals surface area contributed by atoms with Crippen molar-refractivity contribution in [3.05, 3.63) is 87.7 Å². The second-order valence-corrected chi connectivity index (χ2v) is 8.20. The van der Waals surface area contributed by atoms with Crippen molar-refractivity contribution in [2.45, 2.75) is 13.5 Å². The molecule has 5 rings (SSSR count). The Bertz CT molecular complexity index is 1440. The molecule has 2 amide bonds. The zero-order valence-corrected chi connectivity index (χ0v) is 18.8. The van der Waals surface area contributed by atoms with Crippen LogP contribution in [0.5, 0.6) is 11.5 Å². The van der Waals surface area contributed by atoms with Crippen LogP contribution in [0, 0.1) is 11.3 Å². The van der Waals surface area contributed by atoms with Gasteiger partial charge in [-0.25, -0.2) is 0 Å². The zero-order chi connectivity index (χ0) is 23.8. The highest BCUT2D eigenvalue weighted by Gasteiger charge is 2.36. The molecule has 0 bridgehead atoms. The van der Waals surface area contributed by atoms with Gasteiger partial charge in [-0.05, 0) is 60.5 Å². The van der Waals surface area contributed by atoms with E-state index in [1.807, 2.05) is 18.2 Å². The molecule has 7 nitrogen and oxygen atoms in total. The molecule has 3 heterocycles. The standard InChI is InChI=1S/C26H17ClN2O5/c1-15-20(11-19-6-8-22(34-19)17-3-2-4-18(27)10-17)25(30)29(26(31)21(15)12-28)13-16-5-7-23-24(9-16)33-14-32-23/h2-11H,13-14H2,1H3/b20-11+. The van der Waals surface area contributed by atoms with Gasteiger partial charge in [0, 0.05) is 16.2 Å². The molecule has 0 radical (unpaired) electrons. The first kappa shape index (κ1) is 21.6. The number of furan rings is 1. The molecule has 0 saturated heterocycles. The van der Waals surface area contributed by atoms with E-state index in [1.54, 1.807) is 55.5 Å². The number of fused-ring (bicyclic) bond motifs is 1. The predicted molar refractivity (Wildman–Crippen MR) is 124 cm³/mol. The van der Waals surface area contributed by atoms with Gasteiger partial charge in [0.15, 0.2) is 11.5 Å². The number of nitriles is 1. The molecule has 2 aliphatic rings. The average molecular weight is 473 g/mol. The van der Waals surface area contributed by atoms with E-state index in [9.17, 15) is 14.9 Å². The molecule has 0 atom stereocenters. The first-order valence-corrected chi connectivity index (χ1v) is 10.8. The van der Waals surface area contributed by atoms with Crippen molar-refractivity contribution >= 4 is 29.5 Å². The van der Waals surface area contributed by atoms with Crippen LogP contribution in [0.25, 0.3) is 17.4 Å². The van der Waals surface area contributed by atoms with Crippen LogP contribution in [0.2, 0.25) is 5.02 Å². The number of carbonyl (C=O) groups is 2. The van der Waals surface area contributed by atoms with Gasteiger partial charge < -0.3 is 13.9 Å². The zero-order valence-electron chi connectivity index (χ0n) is 18.0. The minimum Gasteiger partial charge on any atom is -0.457 e. The maximum absolute atomic E-state index is 13.3. The van der Waals surface area contributed by atoms with Gasteiger partial charge in [-0.3, -0.25) is 14.5 Å². The molecular weight excluding hydrogens is 456 g/mol. The Hall–Kier alpha value is -4.28. The van der Waals surface area contributed by atoms with Gasteiger partial charge in [-0.1, -0.05) is 29.8 Å². The SMILES string of the molecule is CC1=C(C#N)C(=O)N(Cc2ccc3c(c2)OCO3)C(=O)/C1=C/c1ccc(-c2cccc(Cl)c2)o1. The Balaban J connectivity index is 1.49. The number of nitrogens with zero attached hydrogens (tertiary/aromatic N) is 2. The summed E-state index contributed by atoms with van der Waals surface area (Å²) in [6, 6.07) is 17.8. The van der Waals surface area contributed by atoms with Crippen molar-refractivity contribution < 1.29 is 23.5 Å². The van der Waals surface area contributed by atoms with Crippen LogP contribution >= 0.6 is 11.6 Å². The maximum atomic E-state index is 13.3. The molecular formula is C26H17ClN2O5. The molecule has 1 aromatic heterocycles. The van der Waals surface area contributed by atoms with Gasteiger partial charge in [0.2, 0.25) is 6.79 Å². The van der Waals surface area contributed by atoms with E-state index in [4.69, 9.17) is 25.5 Å². The third kappa shape index (κ3) is 3.85. The fraction of sp³-hybridized carbons (Fsp3) is 0.115. The van der Waals surface area contributed by atoms with Gasteiger partial charge in [-0.2, -0.15) is 5.26 Å². The molecule has 34 heavy (non-hydrogen) atoms. The highest BCUT2D eigenvalue weighted by atomic mass is 35.5. The average Bonchev–Trinajstić information content (AvgIpc) is 3.49. The molecule has 0 unspecified atom stereocenters. The third-order valence-electron chi connectivity index (χ3n) is 5.63. The molecule has 0 aliphatic carbocycles. The van der Waals surface area contributed by atoms with Crippen LogP contribution in [0.1, 0.15) is 18.2 Å². The van der Waals surface area contributed by atoms with Crippen LogP contribution in [0.15, 0.2) is 75.7 Å². The number of imide groups is 1. The smallest absolute Gasteiger partial charge is 0.271 e. The molecule has 0 N–H and O–H groups in total. The van der Waals surface area contributed by atoms with E-state index in [-0.39, 0.29) is 24.5 Å². The summed E-state index contributed by atoms with van der Waals surface area (Å²) in [6.45, 7) is 1.68.